The van der Waals surface area contributed by atoms with Gasteiger partial charge in [0.1, 0.15) is 0 Å². The molecule has 1 nitrogen and oxygen atoms in total. The maximum absolute atomic E-state index is 8.56. The van der Waals surface area contributed by atoms with Crippen molar-refractivity contribution in [2.45, 2.75) is 71.1 Å². The van der Waals surface area contributed by atoms with E-state index < -0.39 is 0 Å². The summed E-state index contributed by atoms with van der Waals surface area (Å²) in [5.74, 6) is 0. The fourth-order valence-corrected chi connectivity index (χ4v) is 1.80. The van der Waals surface area contributed by atoms with E-state index in [2.05, 4.69) is 24.8 Å². The van der Waals surface area contributed by atoms with E-state index in [1.165, 1.54) is 51.4 Å². The number of hydrogen-bond donors (Lipinski definition) is 1. The minimum atomic E-state index is 0.217. The van der Waals surface area contributed by atoms with Crippen LogP contribution in [-0.4, -0.2) is 11.7 Å². The average Bonchev–Trinajstić information content (AvgIpc) is 2.39. The summed E-state index contributed by atoms with van der Waals surface area (Å²) in [6.45, 7) is 2.48. The van der Waals surface area contributed by atoms with E-state index in [0.29, 0.717) is 6.42 Å². The lowest BCUT2D eigenvalue weighted by Crippen LogP contribution is -1.78. The third-order valence-corrected chi connectivity index (χ3v) is 2.90. The van der Waals surface area contributed by atoms with E-state index >= 15 is 0 Å². The van der Waals surface area contributed by atoms with Gasteiger partial charge in [-0.25, -0.2) is 0 Å². The largest absolute Gasteiger partial charge is 0.396 e. The Balaban J connectivity index is 3.20. The Labute approximate surface area is 113 Å². The summed E-state index contributed by atoms with van der Waals surface area (Å²) in [5.41, 5.74) is 3.06. The van der Waals surface area contributed by atoms with Gasteiger partial charge < -0.3 is 5.11 Å². The molecule has 0 heterocycles. The number of aliphatic hydroxyl groups excluding tert-OH is 1. The molecule has 0 spiro atoms. The normalized spacial score (nSPS) is 10.6. The zero-order valence-electron chi connectivity index (χ0n) is 12.0. The van der Waals surface area contributed by atoms with Crippen LogP contribution in [0.2, 0.25) is 0 Å². The number of unbranched alkanes of at least 4 members (excludes halogenated alkanes) is 7. The average molecular weight is 250 g/mol. The Hall–Kier alpha value is -0.780. The molecular formula is C17H30O. The smallest absolute Gasteiger partial charge is 0.0471 e. The molecule has 18 heavy (non-hydrogen) atoms. The fraction of sp³-hybridized carbons (Fsp3) is 0.706. The van der Waals surface area contributed by atoms with Crippen molar-refractivity contribution in [1.82, 2.24) is 0 Å². The Morgan fingerprint density at radius 1 is 0.833 bits per heavy atom. The van der Waals surface area contributed by atoms with E-state index in [0.717, 1.165) is 6.42 Å². The highest BCUT2D eigenvalue weighted by molar-refractivity contribution is 4.93. The van der Waals surface area contributed by atoms with Crippen LogP contribution in [0.4, 0.5) is 0 Å². The lowest BCUT2D eigenvalue weighted by molar-refractivity contribution is 0.302. The van der Waals surface area contributed by atoms with Gasteiger partial charge in [0.25, 0.3) is 0 Å². The van der Waals surface area contributed by atoms with Gasteiger partial charge in [-0.05, 0) is 37.8 Å². The first-order valence-corrected chi connectivity index (χ1v) is 7.57. The maximum atomic E-state index is 8.56. The third kappa shape index (κ3) is 15.2. The van der Waals surface area contributed by atoms with Crippen LogP contribution in [0.25, 0.3) is 0 Å². The molecule has 0 aromatic carbocycles. The van der Waals surface area contributed by atoms with E-state index in [1.54, 1.807) is 0 Å². The summed E-state index contributed by atoms with van der Waals surface area (Å²) in [5, 5.41) is 8.56. The molecule has 0 rings (SSSR count). The quantitative estimate of drug-likeness (QED) is 0.288. The number of hydrogen-bond acceptors (Lipinski definition) is 1. The predicted octanol–water partition coefficient (Wildman–Crippen LogP) is 5.17. The Morgan fingerprint density at radius 2 is 1.56 bits per heavy atom. The van der Waals surface area contributed by atoms with Gasteiger partial charge >= 0.3 is 0 Å². The Bertz CT molecular complexity index is 234. The number of allylic oxidation sites excluding steroid dienone is 2. The minimum Gasteiger partial charge on any atom is -0.396 e. The standard InChI is InChI=1S/C17H30O/c1-2-3-4-5-6-7-8-9-10-11-12-13-14-15-16-17-18/h10-11,13,15,18H,2-9,12,16-17H2,1H3/b11-10-. The van der Waals surface area contributed by atoms with Crippen molar-refractivity contribution in [2.24, 2.45) is 0 Å². The first-order chi connectivity index (χ1) is 8.91. The van der Waals surface area contributed by atoms with Crippen molar-refractivity contribution in [3.63, 3.8) is 0 Å². The van der Waals surface area contributed by atoms with Crippen LogP contribution >= 0.6 is 0 Å². The molecule has 0 amide bonds. The summed E-state index contributed by atoms with van der Waals surface area (Å²) in [7, 11) is 0. The van der Waals surface area contributed by atoms with E-state index in [1.807, 2.05) is 12.2 Å². The van der Waals surface area contributed by atoms with Crippen LogP contribution < -0.4 is 0 Å². The highest BCUT2D eigenvalue weighted by Crippen LogP contribution is 2.08. The van der Waals surface area contributed by atoms with Gasteiger partial charge in [-0.3, -0.25) is 0 Å². The van der Waals surface area contributed by atoms with E-state index in [-0.39, 0.29) is 6.61 Å². The summed E-state index contributed by atoms with van der Waals surface area (Å²) in [4.78, 5) is 0. The zero-order valence-corrected chi connectivity index (χ0v) is 12.0. The van der Waals surface area contributed by atoms with Crippen molar-refractivity contribution >= 4 is 0 Å². The molecular weight excluding hydrogens is 220 g/mol. The summed E-state index contributed by atoms with van der Waals surface area (Å²) < 4.78 is 0. The van der Waals surface area contributed by atoms with Crippen molar-refractivity contribution in [1.29, 1.82) is 0 Å². The second-order valence-corrected chi connectivity index (χ2v) is 4.70. The fourth-order valence-electron chi connectivity index (χ4n) is 1.80. The molecule has 0 bridgehead atoms. The second kappa shape index (κ2) is 16.2. The Kier molecular flexibility index (Phi) is 15.5. The molecule has 0 radical (unpaired) electrons. The SMILES string of the molecule is CCCCCCCCC/C=C\CC=C=CCCO. The second-order valence-electron chi connectivity index (χ2n) is 4.70. The molecule has 0 aliphatic heterocycles. The highest BCUT2D eigenvalue weighted by atomic mass is 16.2. The summed E-state index contributed by atoms with van der Waals surface area (Å²) in [6, 6.07) is 0. The molecule has 0 aliphatic rings. The van der Waals surface area contributed by atoms with Crippen LogP contribution in [-0.2, 0) is 0 Å². The van der Waals surface area contributed by atoms with E-state index in [4.69, 9.17) is 5.11 Å². The van der Waals surface area contributed by atoms with Gasteiger partial charge in [-0.2, -0.15) is 0 Å². The molecule has 104 valence electrons. The lowest BCUT2D eigenvalue weighted by Gasteiger charge is -1.98. The molecule has 0 atom stereocenters. The van der Waals surface area contributed by atoms with Crippen molar-refractivity contribution in [3.8, 4) is 0 Å². The molecule has 1 heteroatoms. The molecule has 1 N–H and O–H groups in total. The third-order valence-electron chi connectivity index (χ3n) is 2.90. The number of aliphatic hydroxyl groups is 1. The van der Waals surface area contributed by atoms with Gasteiger partial charge in [0.05, 0.1) is 0 Å². The predicted molar refractivity (Wildman–Crippen MR) is 80.7 cm³/mol. The first kappa shape index (κ1) is 17.2. The summed E-state index contributed by atoms with van der Waals surface area (Å²) >= 11 is 0. The van der Waals surface area contributed by atoms with Crippen LogP contribution in [0.3, 0.4) is 0 Å². The van der Waals surface area contributed by atoms with Gasteiger partial charge in [-0.1, -0.05) is 57.6 Å². The lowest BCUT2D eigenvalue weighted by atomic mass is 10.1. The van der Waals surface area contributed by atoms with Crippen molar-refractivity contribution < 1.29 is 5.11 Å². The first-order valence-electron chi connectivity index (χ1n) is 7.57. The monoisotopic (exact) mass is 250 g/mol. The minimum absolute atomic E-state index is 0.217. The molecule has 0 saturated heterocycles. The molecule has 0 aromatic heterocycles. The summed E-state index contributed by atoms with van der Waals surface area (Å²) in [6.07, 6.45) is 20.9. The van der Waals surface area contributed by atoms with Gasteiger partial charge in [-0.15, -0.1) is 5.73 Å². The van der Waals surface area contributed by atoms with Crippen LogP contribution in [0, 0.1) is 0 Å². The Morgan fingerprint density at radius 3 is 2.28 bits per heavy atom. The maximum Gasteiger partial charge on any atom is 0.0471 e. The topological polar surface area (TPSA) is 20.2 Å². The van der Waals surface area contributed by atoms with Crippen molar-refractivity contribution in [3.05, 3.63) is 30.0 Å². The van der Waals surface area contributed by atoms with Crippen LogP contribution in [0.5, 0.6) is 0 Å². The van der Waals surface area contributed by atoms with E-state index in [9.17, 15) is 0 Å². The molecule has 0 aliphatic carbocycles. The zero-order chi connectivity index (χ0) is 13.3. The molecule has 0 unspecified atom stereocenters. The molecule has 0 fully saturated rings. The number of rotatable bonds is 12. The van der Waals surface area contributed by atoms with Crippen LogP contribution in [0.1, 0.15) is 71.1 Å². The van der Waals surface area contributed by atoms with Crippen LogP contribution in [0.15, 0.2) is 30.0 Å². The molecule has 0 aromatic rings. The van der Waals surface area contributed by atoms with Crippen molar-refractivity contribution in [2.75, 3.05) is 6.61 Å². The highest BCUT2D eigenvalue weighted by Gasteiger charge is 1.88. The molecule has 0 saturated carbocycles. The van der Waals surface area contributed by atoms with Gasteiger partial charge in [0.2, 0.25) is 0 Å². The van der Waals surface area contributed by atoms with Gasteiger partial charge in [0.15, 0.2) is 0 Å². The van der Waals surface area contributed by atoms with Gasteiger partial charge in [0, 0.05) is 6.61 Å².